The second kappa shape index (κ2) is 7.34. The summed E-state index contributed by atoms with van der Waals surface area (Å²) in [6.07, 6.45) is 6.45. The molecular weight excluding hydrogens is 212 g/mol. The predicted molar refractivity (Wildman–Crippen MR) is 73.5 cm³/mol. The van der Waals surface area contributed by atoms with Gasteiger partial charge in [0.2, 0.25) is 0 Å². The summed E-state index contributed by atoms with van der Waals surface area (Å²) in [5, 5.41) is 3.50. The van der Waals surface area contributed by atoms with Crippen LogP contribution in [0.5, 0.6) is 0 Å². The van der Waals surface area contributed by atoms with Gasteiger partial charge in [-0.2, -0.15) is 0 Å². The molecule has 3 heteroatoms. The molecule has 0 aromatic heterocycles. The molecule has 1 N–H and O–H groups in total. The Morgan fingerprint density at radius 3 is 2.41 bits per heavy atom. The van der Waals surface area contributed by atoms with Crippen molar-refractivity contribution >= 4 is 0 Å². The van der Waals surface area contributed by atoms with Crippen molar-refractivity contribution in [1.29, 1.82) is 0 Å². The lowest BCUT2D eigenvalue weighted by Gasteiger charge is -2.46. The van der Waals surface area contributed by atoms with Crippen molar-refractivity contribution in [3.8, 4) is 0 Å². The molecular formula is C14H30N2O. The van der Waals surface area contributed by atoms with Crippen LogP contribution in [0.3, 0.4) is 0 Å². The maximum absolute atomic E-state index is 5.15. The van der Waals surface area contributed by atoms with Gasteiger partial charge in [-0.25, -0.2) is 0 Å². The van der Waals surface area contributed by atoms with Crippen LogP contribution in [0.4, 0.5) is 0 Å². The fourth-order valence-electron chi connectivity index (χ4n) is 2.97. The van der Waals surface area contributed by atoms with Crippen molar-refractivity contribution in [3.05, 3.63) is 0 Å². The lowest BCUT2D eigenvalue weighted by Crippen LogP contribution is -2.58. The molecule has 0 spiro atoms. The van der Waals surface area contributed by atoms with Gasteiger partial charge in [0.05, 0.1) is 0 Å². The van der Waals surface area contributed by atoms with Crippen molar-refractivity contribution in [3.63, 3.8) is 0 Å². The highest BCUT2D eigenvalue weighted by Gasteiger charge is 2.34. The van der Waals surface area contributed by atoms with Crippen molar-refractivity contribution in [1.82, 2.24) is 10.2 Å². The highest BCUT2D eigenvalue weighted by atomic mass is 16.5. The number of rotatable bonds is 7. The van der Waals surface area contributed by atoms with Gasteiger partial charge < -0.3 is 10.1 Å². The van der Waals surface area contributed by atoms with Gasteiger partial charge in [0, 0.05) is 25.3 Å². The van der Waals surface area contributed by atoms with Crippen molar-refractivity contribution < 1.29 is 4.74 Å². The van der Waals surface area contributed by atoms with E-state index in [1.807, 2.05) is 0 Å². The predicted octanol–water partition coefficient (Wildman–Crippen LogP) is 2.27. The molecule has 0 saturated carbocycles. The number of methoxy groups -OCH3 is 1. The third kappa shape index (κ3) is 4.23. The normalized spacial score (nSPS) is 20.5. The fourth-order valence-corrected chi connectivity index (χ4v) is 2.97. The van der Waals surface area contributed by atoms with Crippen LogP contribution in [0.1, 0.15) is 46.0 Å². The number of ether oxygens (including phenoxy) is 1. The minimum atomic E-state index is 0.253. The number of hydrogen-bond acceptors (Lipinski definition) is 3. The Bertz CT molecular complexity index is 200. The summed E-state index contributed by atoms with van der Waals surface area (Å²) in [6.45, 7) is 8.15. The molecule has 17 heavy (non-hydrogen) atoms. The smallest absolute Gasteiger partial charge is 0.0462 e. The van der Waals surface area contributed by atoms with Gasteiger partial charge in [0.1, 0.15) is 0 Å². The van der Waals surface area contributed by atoms with E-state index in [-0.39, 0.29) is 5.54 Å². The van der Waals surface area contributed by atoms with Crippen LogP contribution in [0.15, 0.2) is 0 Å². The topological polar surface area (TPSA) is 24.5 Å². The number of nitrogens with one attached hydrogen (secondary N) is 1. The summed E-state index contributed by atoms with van der Waals surface area (Å²) in [4.78, 5) is 2.66. The van der Waals surface area contributed by atoms with Gasteiger partial charge in [-0.05, 0) is 59.7 Å². The van der Waals surface area contributed by atoms with E-state index in [1.165, 1.54) is 38.8 Å². The summed E-state index contributed by atoms with van der Waals surface area (Å²) in [6, 6.07) is 0.552. The zero-order valence-electron chi connectivity index (χ0n) is 12.1. The Kier molecular flexibility index (Phi) is 6.45. The average Bonchev–Trinajstić information content (AvgIpc) is 2.35. The third-order valence-electron chi connectivity index (χ3n) is 4.21. The van der Waals surface area contributed by atoms with Crippen LogP contribution >= 0.6 is 0 Å². The van der Waals surface area contributed by atoms with Crippen molar-refractivity contribution in [2.45, 2.75) is 57.5 Å². The van der Waals surface area contributed by atoms with E-state index in [1.54, 1.807) is 7.11 Å². The first-order valence-electron chi connectivity index (χ1n) is 7.04. The largest absolute Gasteiger partial charge is 0.385 e. The van der Waals surface area contributed by atoms with E-state index in [0.29, 0.717) is 6.04 Å². The van der Waals surface area contributed by atoms with E-state index in [2.05, 4.69) is 31.1 Å². The highest BCUT2D eigenvalue weighted by molar-refractivity contribution is 4.93. The molecule has 3 nitrogen and oxygen atoms in total. The molecule has 1 heterocycles. The van der Waals surface area contributed by atoms with Gasteiger partial charge in [0.25, 0.3) is 0 Å². The van der Waals surface area contributed by atoms with Gasteiger partial charge in [0.15, 0.2) is 0 Å². The summed E-state index contributed by atoms with van der Waals surface area (Å²) in [7, 11) is 3.87. The second-order valence-corrected chi connectivity index (χ2v) is 5.68. The standard InChI is InChI=1S/C14H30N2O/c1-14(2,16-10-6-5-7-11-16)13(15-3)9-8-12-17-4/h13,15H,5-12H2,1-4H3. The lowest BCUT2D eigenvalue weighted by atomic mass is 9.87. The van der Waals surface area contributed by atoms with Crippen LogP contribution in [-0.2, 0) is 4.74 Å². The van der Waals surface area contributed by atoms with Crippen molar-refractivity contribution in [2.75, 3.05) is 33.9 Å². The SMILES string of the molecule is CNC(CCCOC)C(C)(C)N1CCCCC1. The molecule has 0 radical (unpaired) electrons. The van der Waals surface area contributed by atoms with Gasteiger partial charge in [-0.15, -0.1) is 0 Å². The van der Waals surface area contributed by atoms with Crippen LogP contribution in [0.25, 0.3) is 0 Å². The lowest BCUT2D eigenvalue weighted by molar-refractivity contribution is 0.0571. The number of nitrogens with zero attached hydrogens (tertiary/aromatic N) is 1. The van der Waals surface area contributed by atoms with Crippen LogP contribution in [0.2, 0.25) is 0 Å². The molecule has 102 valence electrons. The molecule has 0 bridgehead atoms. The Morgan fingerprint density at radius 2 is 1.88 bits per heavy atom. The Balaban J connectivity index is 2.50. The maximum Gasteiger partial charge on any atom is 0.0462 e. The Hall–Kier alpha value is -0.120. The molecule has 0 aromatic carbocycles. The van der Waals surface area contributed by atoms with E-state index >= 15 is 0 Å². The molecule has 0 aliphatic carbocycles. The quantitative estimate of drug-likeness (QED) is 0.693. The molecule has 0 amide bonds. The Labute approximate surface area is 107 Å². The summed E-state index contributed by atoms with van der Waals surface area (Å²) in [5.74, 6) is 0. The number of likely N-dealkylation sites (tertiary alicyclic amines) is 1. The van der Waals surface area contributed by atoms with Gasteiger partial charge in [-0.3, -0.25) is 4.90 Å². The minimum absolute atomic E-state index is 0.253. The zero-order valence-corrected chi connectivity index (χ0v) is 12.1. The summed E-state index contributed by atoms with van der Waals surface area (Å²) in [5.41, 5.74) is 0.253. The first-order valence-corrected chi connectivity index (χ1v) is 7.04. The van der Waals surface area contributed by atoms with Crippen LogP contribution in [0, 0.1) is 0 Å². The van der Waals surface area contributed by atoms with E-state index in [9.17, 15) is 0 Å². The number of likely N-dealkylation sites (N-methyl/N-ethyl adjacent to an activating group) is 1. The summed E-state index contributed by atoms with van der Waals surface area (Å²) >= 11 is 0. The molecule has 1 atom stereocenters. The number of hydrogen-bond donors (Lipinski definition) is 1. The zero-order chi connectivity index (χ0) is 12.7. The van der Waals surface area contributed by atoms with Crippen LogP contribution in [-0.4, -0.2) is 50.3 Å². The monoisotopic (exact) mass is 242 g/mol. The van der Waals surface area contributed by atoms with Crippen molar-refractivity contribution in [2.24, 2.45) is 0 Å². The van der Waals surface area contributed by atoms with Crippen LogP contribution < -0.4 is 5.32 Å². The number of piperidine rings is 1. The molecule has 1 aliphatic rings. The second-order valence-electron chi connectivity index (χ2n) is 5.68. The molecule has 1 unspecified atom stereocenters. The van der Waals surface area contributed by atoms with Gasteiger partial charge >= 0.3 is 0 Å². The first-order chi connectivity index (χ1) is 8.12. The molecule has 1 saturated heterocycles. The van der Waals surface area contributed by atoms with E-state index in [0.717, 1.165) is 13.0 Å². The first kappa shape index (κ1) is 14.9. The van der Waals surface area contributed by atoms with E-state index < -0.39 is 0 Å². The third-order valence-corrected chi connectivity index (χ3v) is 4.21. The molecule has 1 aliphatic heterocycles. The average molecular weight is 242 g/mol. The maximum atomic E-state index is 5.15. The minimum Gasteiger partial charge on any atom is -0.385 e. The highest BCUT2D eigenvalue weighted by Crippen LogP contribution is 2.25. The van der Waals surface area contributed by atoms with Gasteiger partial charge in [-0.1, -0.05) is 6.42 Å². The fraction of sp³-hybridized carbons (Fsp3) is 1.00. The summed E-state index contributed by atoms with van der Waals surface area (Å²) < 4.78 is 5.15. The Morgan fingerprint density at radius 1 is 1.24 bits per heavy atom. The van der Waals surface area contributed by atoms with E-state index in [4.69, 9.17) is 4.74 Å². The molecule has 1 rings (SSSR count). The molecule has 0 aromatic rings. The molecule has 1 fully saturated rings.